The van der Waals surface area contributed by atoms with E-state index in [0.717, 1.165) is 10.0 Å². The first-order valence-corrected chi connectivity index (χ1v) is 9.31. The lowest BCUT2D eigenvalue weighted by atomic mass is 10.2. The van der Waals surface area contributed by atoms with Crippen LogP contribution in [0.1, 0.15) is 29.8 Å². The van der Waals surface area contributed by atoms with Gasteiger partial charge in [0.1, 0.15) is 0 Å². The fourth-order valence-electron chi connectivity index (χ4n) is 1.43. The summed E-state index contributed by atoms with van der Waals surface area (Å²) in [7, 11) is 1.33. The van der Waals surface area contributed by atoms with E-state index in [4.69, 9.17) is 28.3 Å². The molecule has 0 aliphatic carbocycles. The molecular weight excluding hydrogens is 483 g/mol. The molecule has 3 nitrogen and oxygen atoms in total. The Morgan fingerprint density at radius 1 is 1.04 bits per heavy atom. The fraction of sp³-hybridized carbons (Fsp3) is 0.235. The third-order valence-electron chi connectivity index (χ3n) is 2.51. The number of rotatable bonds is 2. The summed E-state index contributed by atoms with van der Waals surface area (Å²) in [6.45, 7) is 4.02. The van der Waals surface area contributed by atoms with Crippen molar-refractivity contribution in [2.45, 2.75) is 20.5 Å². The molecule has 0 fully saturated rings. The second kappa shape index (κ2) is 12.7. The predicted molar refractivity (Wildman–Crippen MR) is 107 cm³/mol. The van der Waals surface area contributed by atoms with E-state index in [1.54, 1.807) is 30.3 Å². The van der Waals surface area contributed by atoms with Gasteiger partial charge in [0.25, 0.3) is 0 Å². The second-order valence-electron chi connectivity index (χ2n) is 4.01. The van der Waals surface area contributed by atoms with Crippen LogP contribution in [0.5, 0.6) is 0 Å². The fourth-order valence-corrected chi connectivity index (χ4v) is 2.58. The molecule has 2 aromatic carbocycles. The quantitative estimate of drug-likeness (QED) is 0.478. The van der Waals surface area contributed by atoms with Crippen molar-refractivity contribution in [2.75, 3.05) is 7.11 Å². The van der Waals surface area contributed by atoms with Crippen LogP contribution in [0.25, 0.3) is 0 Å². The van der Waals surface area contributed by atoms with Crippen molar-refractivity contribution in [1.82, 2.24) is 0 Å². The third kappa shape index (κ3) is 7.99. The third-order valence-corrected chi connectivity index (χ3v) is 4.45. The van der Waals surface area contributed by atoms with Gasteiger partial charge in [-0.3, -0.25) is 0 Å². The van der Waals surface area contributed by atoms with Gasteiger partial charge in [0.15, 0.2) is 0 Å². The Morgan fingerprint density at radius 3 is 2.00 bits per heavy atom. The van der Waals surface area contributed by atoms with Crippen LogP contribution in [-0.2, 0) is 11.3 Å². The number of aliphatic hydroxyl groups excluding tert-OH is 1. The number of halogens is 4. The van der Waals surface area contributed by atoms with Gasteiger partial charge in [0.05, 0.1) is 19.3 Å². The maximum atomic E-state index is 11.1. The summed E-state index contributed by atoms with van der Waals surface area (Å²) in [5.74, 6) is -0.399. The molecule has 132 valence electrons. The zero-order chi connectivity index (χ0) is 18.7. The van der Waals surface area contributed by atoms with Gasteiger partial charge in [-0.2, -0.15) is 0 Å². The van der Waals surface area contributed by atoms with Gasteiger partial charge in [0, 0.05) is 19.0 Å². The maximum absolute atomic E-state index is 11.1. The highest BCUT2D eigenvalue weighted by Gasteiger charge is 2.09. The lowest BCUT2D eigenvalue weighted by molar-refractivity contribution is 0.0599. The minimum absolute atomic E-state index is 0.0150. The molecule has 2 rings (SSSR count). The van der Waals surface area contributed by atoms with Crippen LogP contribution < -0.4 is 0 Å². The summed E-state index contributed by atoms with van der Waals surface area (Å²) in [5, 5.41) is 9.91. The Bertz CT molecular complexity index is 664. The van der Waals surface area contributed by atoms with Crippen LogP contribution >= 0.6 is 55.1 Å². The van der Waals surface area contributed by atoms with E-state index in [1.807, 2.05) is 19.9 Å². The zero-order valence-corrected chi connectivity index (χ0v) is 18.1. The van der Waals surface area contributed by atoms with Crippen molar-refractivity contribution >= 4 is 61.0 Å². The predicted octanol–water partition coefficient (Wildman–Crippen LogP) is 6.51. The number of aliphatic hydroxyl groups is 1. The van der Waals surface area contributed by atoms with Gasteiger partial charge in [-0.25, -0.2) is 4.79 Å². The molecule has 2 aromatic rings. The highest BCUT2D eigenvalue weighted by molar-refractivity contribution is 9.10. The summed E-state index contributed by atoms with van der Waals surface area (Å²) in [4.78, 5) is 11.1. The minimum Gasteiger partial charge on any atom is -0.465 e. The van der Waals surface area contributed by atoms with Crippen LogP contribution in [0.4, 0.5) is 0 Å². The van der Waals surface area contributed by atoms with E-state index in [9.17, 15) is 4.79 Å². The van der Waals surface area contributed by atoms with Gasteiger partial charge < -0.3 is 9.84 Å². The molecule has 0 radical (unpaired) electrons. The van der Waals surface area contributed by atoms with E-state index in [0.29, 0.717) is 20.1 Å². The van der Waals surface area contributed by atoms with Gasteiger partial charge in [-0.05, 0) is 57.9 Å². The molecule has 0 amide bonds. The SMILES string of the molecule is CC.COC(=O)c1cc(Cl)ccc1Br.OCc1cc(Cl)ccc1Br. The summed E-state index contributed by atoms with van der Waals surface area (Å²) in [5.41, 5.74) is 1.25. The molecule has 0 aliphatic heterocycles. The molecule has 0 heterocycles. The van der Waals surface area contributed by atoms with Crippen molar-refractivity contribution in [1.29, 1.82) is 0 Å². The number of methoxy groups -OCH3 is 1. The van der Waals surface area contributed by atoms with E-state index >= 15 is 0 Å². The minimum atomic E-state index is -0.399. The number of hydrogen-bond donors (Lipinski definition) is 1. The molecule has 1 N–H and O–H groups in total. The normalized spacial score (nSPS) is 9.17. The number of benzene rings is 2. The molecule has 24 heavy (non-hydrogen) atoms. The molecule has 0 saturated carbocycles. The zero-order valence-electron chi connectivity index (χ0n) is 13.4. The molecule has 0 aromatic heterocycles. The molecule has 0 bridgehead atoms. The monoisotopic (exact) mass is 498 g/mol. The summed E-state index contributed by atoms with van der Waals surface area (Å²) in [6, 6.07) is 10.3. The Morgan fingerprint density at radius 2 is 1.54 bits per heavy atom. The maximum Gasteiger partial charge on any atom is 0.339 e. The molecular formula is C17H18Br2Cl2O3. The number of ether oxygens (including phenoxy) is 1. The molecule has 0 unspecified atom stereocenters. The van der Waals surface area contributed by atoms with Gasteiger partial charge in [0.2, 0.25) is 0 Å². The van der Waals surface area contributed by atoms with Gasteiger partial charge in [-0.15, -0.1) is 0 Å². The lowest BCUT2D eigenvalue weighted by Gasteiger charge is -2.01. The molecule has 0 saturated heterocycles. The van der Waals surface area contributed by atoms with E-state index in [-0.39, 0.29) is 6.61 Å². The van der Waals surface area contributed by atoms with Gasteiger partial charge >= 0.3 is 5.97 Å². The Labute approximate surface area is 169 Å². The van der Waals surface area contributed by atoms with Crippen molar-refractivity contribution < 1.29 is 14.6 Å². The Hall–Kier alpha value is -0.590. The lowest BCUT2D eigenvalue weighted by Crippen LogP contribution is -2.01. The average molecular weight is 501 g/mol. The molecule has 7 heteroatoms. The number of hydrogen-bond acceptors (Lipinski definition) is 3. The number of carbonyl (C=O) groups excluding carboxylic acids is 1. The van der Waals surface area contributed by atoms with Crippen LogP contribution in [0.15, 0.2) is 45.3 Å². The summed E-state index contributed by atoms with van der Waals surface area (Å²) < 4.78 is 6.11. The smallest absolute Gasteiger partial charge is 0.339 e. The van der Waals surface area contributed by atoms with Crippen LogP contribution in [0.3, 0.4) is 0 Å². The first kappa shape index (κ1) is 23.4. The van der Waals surface area contributed by atoms with E-state index < -0.39 is 5.97 Å². The van der Waals surface area contributed by atoms with Crippen molar-refractivity contribution in [2.24, 2.45) is 0 Å². The number of esters is 1. The Balaban J connectivity index is 0.000000405. The molecule has 0 spiro atoms. The first-order valence-electron chi connectivity index (χ1n) is 6.97. The van der Waals surface area contributed by atoms with Crippen LogP contribution in [0.2, 0.25) is 10.0 Å². The summed E-state index contributed by atoms with van der Waals surface area (Å²) >= 11 is 17.8. The van der Waals surface area contributed by atoms with Crippen LogP contribution in [-0.4, -0.2) is 18.2 Å². The van der Waals surface area contributed by atoms with Crippen molar-refractivity contribution in [3.8, 4) is 0 Å². The first-order chi connectivity index (χ1) is 11.4. The number of carbonyl (C=O) groups is 1. The second-order valence-corrected chi connectivity index (χ2v) is 6.59. The summed E-state index contributed by atoms with van der Waals surface area (Å²) in [6.07, 6.45) is 0. The van der Waals surface area contributed by atoms with E-state index in [2.05, 4.69) is 36.6 Å². The van der Waals surface area contributed by atoms with Crippen molar-refractivity contribution in [3.63, 3.8) is 0 Å². The topological polar surface area (TPSA) is 46.5 Å². The van der Waals surface area contributed by atoms with Crippen LogP contribution in [0, 0.1) is 0 Å². The molecule has 0 aliphatic rings. The highest BCUT2D eigenvalue weighted by Crippen LogP contribution is 2.22. The van der Waals surface area contributed by atoms with E-state index in [1.165, 1.54) is 7.11 Å². The highest BCUT2D eigenvalue weighted by atomic mass is 79.9. The Kier molecular flexibility index (Phi) is 12.4. The molecule has 0 atom stereocenters. The van der Waals surface area contributed by atoms with Crippen molar-refractivity contribution in [3.05, 3.63) is 66.5 Å². The average Bonchev–Trinajstić information content (AvgIpc) is 2.60. The standard InChI is InChI=1S/C8H6BrClO2.C7H6BrClO.C2H6/c1-12-8(11)6-4-5(10)2-3-7(6)9;8-7-2-1-6(9)3-5(7)4-10;1-2/h2-4H,1H3;1-3,10H,4H2;1-2H3. The largest absolute Gasteiger partial charge is 0.465 e. The van der Waals surface area contributed by atoms with Gasteiger partial charge in [-0.1, -0.05) is 53.0 Å².